The molecule has 2 N–H and O–H groups in total. The summed E-state index contributed by atoms with van der Waals surface area (Å²) < 4.78 is 0. The minimum Gasteiger partial charge on any atom is -0.394 e. The van der Waals surface area contributed by atoms with E-state index in [0.29, 0.717) is 0 Å². The Bertz CT molecular complexity index is 410. The van der Waals surface area contributed by atoms with Crippen molar-refractivity contribution in [3.05, 3.63) is 11.9 Å². The molecule has 1 aromatic rings. The van der Waals surface area contributed by atoms with Gasteiger partial charge in [-0.15, -0.1) is 0 Å². The van der Waals surface area contributed by atoms with E-state index in [1.54, 1.807) is 6.33 Å². The highest BCUT2D eigenvalue weighted by atomic mass is 16.3. The summed E-state index contributed by atoms with van der Waals surface area (Å²) in [5.41, 5.74) is 1.08. The smallest absolute Gasteiger partial charge is 0.137 e. The van der Waals surface area contributed by atoms with E-state index in [1.807, 2.05) is 0 Å². The average molecular weight is 264 g/mol. The van der Waals surface area contributed by atoms with Crippen molar-refractivity contribution < 1.29 is 5.11 Å². The van der Waals surface area contributed by atoms with Crippen LogP contribution in [0.3, 0.4) is 0 Å². The fourth-order valence-corrected chi connectivity index (χ4v) is 2.62. The van der Waals surface area contributed by atoms with Crippen LogP contribution >= 0.6 is 0 Å². The Labute approximate surface area is 115 Å². The third-order valence-corrected chi connectivity index (χ3v) is 3.71. The highest BCUT2D eigenvalue weighted by molar-refractivity contribution is 5.58. The Hall–Kier alpha value is -1.36. The van der Waals surface area contributed by atoms with E-state index in [2.05, 4.69) is 34.0 Å². The molecule has 0 aliphatic carbocycles. The number of nitrogens with one attached hydrogen (secondary N) is 1. The molecule has 2 heterocycles. The Morgan fingerprint density at radius 2 is 2.26 bits per heavy atom. The Kier molecular flexibility index (Phi) is 4.96. The van der Waals surface area contributed by atoms with Gasteiger partial charge in [0.1, 0.15) is 18.0 Å². The van der Waals surface area contributed by atoms with Crippen LogP contribution in [0.1, 0.15) is 38.2 Å². The van der Waals surface area contributed by atoms with Gasteiger partial charge in [-0.25, -0.2) is 9.97 Å². The van der Waals surface area contributed by atoms with Crippen LogP contribution in [0.5, 0.6) is 0 Å². The van der Waals surface area contributed by atoms with Crippen molar-refractivity contribution in [2.45, 2.75) is 45.6 Å². The molecule has 5 heteroatoms. The van der Waals surface area contributed by atoms with Crippen LogP contribution in [0.2, 0.25) is 0 Å². The molecule has 0 aromatic carbocycles. The average Bonchev–Trinajstić information content (AvgIpc) is 2.46. The standard InChI is InChI=1S/C14H24N4O/c1-3-7-15-13-11(2)14(17-10-16-13)18-8-5-4-6-12(18)9-19/h10,12,19H,3-9H2,1-2H3,(H,15,16,17). The van der Waals surface area contributed by atoms with Gasteiger partial charge in [0.05, 0.1) is 12.6 Å². The summed E-state index contributed by atoms with van der Waals surface area (Å²) in [5, 5.41) is 12.9. The zero-order valence-electron chi connectivity index (χ0n) is 11.9. The normalized spacial score (nSPS) is 19.5. The van der Waals surface area contributed by atoms with Gasteiger partial charge < -0.3 is 15.3 Å². The number of nitrogens with zero attached hydrogens (tertiary/aromatic N) is 3. The first-order valence-electron chi connectivity index (χ1n) is 7.21. The van der Waals surface area contributed by atoms with Crippen LogP contribution in [0, 0.1) is 6.92 Å². The van der Waals surface area contributed by atoms with E-state index >= 15 is 0 Å². The molecular formula is C14H24N4O. The molecule has 0 radical (unpaired) electrons. The summed E-state index contributed by atoms with van der Waals surface area (Å²) in [6.45, 7) is 6.27. The van der Waals surface area contributed by atoms with Gasteiger partial charge in [0.15, 0.2) is 0 Å². The fraction of sp³-hybridized carbons (Fsp3) is 0.714. The molecule has 1 aliphatic rings. The number of aliphatic hydroxyl groups is 1. The summed E-state index contributed by atoms with van der Waals surface area (Å²) >= 11 is 0. The molecule has 1 aromatic heterocycles. The van der Waals surface area contributed by atoms with E-state index in [9.17, 15) is 5.11 Å². The number of hydrogen-bond donors (Lipinski definition) is 2. The predicted octanol–water partition coefficient (Wildman–Crippen LogP) is 1.96. The van der Waals surface area contributed by atoms with E-state index in [4.69, 9.17) is 0 Å². The van der Waals surface area contributed by atoms with Crippen LogP contribution in [0.25, 0.3) is 0 Å². The van der Waals surface area contributed by atoms with Crippen molar-refractivity contribution in [2.24, 2.45) is 0 Å². The van der Waals surface area contributed by atoms with Crippen LogP contribution in [-0.4, -0.2) is 40.8 Å². The maximum atomic E-state index is 9.52. The van der Waals surface area contributed by atoms with E-state index in [1.165, 1.54) is 6.42 Å². The van der Waals surface area contributed by atoms with Gasteiger partial charge in [-0.05, 0) is 32.6 Å². The molecular weight excluding hydrogens is 240 g/mol. The molecule has 5 nitrogen and oxygen atoms in total. The zero-order chi connectivity index (χ0) is 13.7. The highest BCUT2D eigenvalue weighted by Gasteiger charge is 2.24. The Morgan fingerprint density at radius 1 is 1.42 bits per heavy atom. The molecule has 106 valence electrons. The molecule has 0 amide bonds. The molecule has 1 saturated heterocycles. The molecule has 1 unspecified atom stereocenters. The van der Waals surface area contributed by atoms with Crippen LogP contribution in [-0.2, 0) is 0 Å². The second-order valence-corrected chi connectivity index (χ2v) is 5.12. The Balaban J connectivity index is 2.22. The molecule has 0 bridgehead atoms. The first kappa shape index (κ1) is 14.1. The molecule has 2 rings (SSSR count). The van der Waals surface area contributed by atoms with Crippen LogP contribution < -0.4 is 10.2 Å². The lowest BCUT2D eigenvalue weighted by molar-refractivity contribution is 0.239. The molecule has 0 saturated carbocycles. The second-order valence-electron chi connectivity index (χ2n) is 5.12. The summed E-state index contributed by atoms with van der Waals surface area (Å²) in [6.07, 6.45) is 6.08. The van der Waals surface area contributed by atoms with Gasteiger partial charge in [-0.3, -0.25) is 0 Å². The number of anilines is 2. The monoisotopic (exact) mass is 264 g/mol. The van der Waals surface area contributed by atoms with E-state index in [-0.39, 0.29) is 12.6 Å². The second kappa shape index (κ2) is 6.70. The van der Waals surface area contributed by atoms with Gasteiger partial charge in [-0.1, -0.05) is 6.92 Å². The molecule has 1 aliphatic heterocycles. The predicted molar refractivity (Wildman–Crippen MR) is 77.6 cm³/mol. The first-order chi connectivity index (χ1) is 9.27. The van der Waals surface area contributed by atoms with E-state index < -0.39 is 0 Å². The summed E-state index contributed by atoms with van der Waals surface area (Å²) in [7, 11) is 0. The third kappa shape index (κ3) is 3.15. The van der Waals surface area contributed by atoms with Crippen molar-refractivity contribution in [3.63, 3.8) is 0 Å². The Morgan fingerprint density at radius 3 is 3.00 bits per heavy atom. The van der Waals surface area contributed by atoms with Crippen molar-refractivity contribution in [1.82, 2.24) is 9.97 Å². The quantitative estimate of drug-likeness (QED) is 0.851. The molecule has 1 fully saturated rings. The lowest BCUT2D eigenvalue weighted by Crippen LogP contribution is -2.42. The SMILES string of the molecule is CCCNc1ncnc(N2CCCCC2CO)c1C. The summed E-state index contributed by atoms with van der Waals surface area (Å²) in [5.74, 6) is 1.88. The minimum atomic E-state index is 0.196. The topological polar surface area (TPSA) is 61.3 Å². The zero-order valence-corrected chi connectivity index (χ0v) is 11.9. The van der Waals surface area contributed by atoms with Gasteiger partial charge in [0.25, 0.3) is 0 Å². The number of hydrogen-bond acceptors (Lipinski definition) is 5. The molecule has 1 atom stereocenters. The van der Waals surface area contributed by atoms with Crippen molar-refractivity contribution in [1.29, 1.82) is 0 Å². The molecule has 19 heavy (non-hydrogen) atoms. The van der Waals surface area contributed by atoms with Gasteiger partial charge in [-0.2, -0.15) is 0 Å². The summed E-state index contributed by atoms with van der Waals surface area (Å²) in [4.78, 5) is 11.0. The van der Waals surface area contributed by atoms with E-state index in [0.717, 1.165) is 49.6 Å². The minimum absolute atomic E-state index is 0.196. The lowest BCUT2D eigenvalue weighted by atomic mass is 10.0. The van der Waals surface area contributed by atoms with Crippen molar-refractivity contribution >= 4 is 11.6 Å². The van der Waals surface area contributed by atoms with Gasteiger partial charge in [0, 0.05) is 18.7 Å². The fourth-order valence-electron chi connectivity index (χ4n) is 2.62. The van der Waals surface area contributed by atoms with Gasteiger partial charge in [0.2, 0.25) is 0 Å². The van der Waals surface area contributed by atoms with Crippen molar-refractivity contribution in [3.8, 4) is 0 Å². The number of aromatic nitrogens is 2. The van der Waals surface area contributed by atoms with Crippen LogP contribution in [0.4, 0.5) is 11.6 Å². The van der Waals surface area contributed by atoms with Crippen LogP contribution in [0.15, 0.2) is 6.33 Å². The number of aliphatic hydroxyl groups excluding tert-OH is 1. The van der Waals surface area contributed by atoms with Crippen molar-refractivity contribution in [2.75, 3.05) is 29.9 Å². The lowest BCUT2D eigenvalue weighted by Gasteiger charge is -2.36. The molecule has 0 spiro atoms. The summed E-state index contributed by atoms with van der Waals surface area (Å²) in [6, 6.07) is 0.196. The maximum absolute atomic E-state index is 9.52. The van der Waals surface area contributed by atoms with Gasteiger partial charge >= 0.3 is 0 Å². The largest absolute Gasteiger partial charge is 0.394 e. The number of rotatable bonds is 5. The highest BCUT2D eigenvalue weighted by Crippen LogP contribution is 2.28. The first-order valence-corrected chi connectivity index (χ1v) is 7.21. The third-order valence-electron chi connectivity index (χ3n) is 3.71. The number of piperidine rings is 1. The maximum Gasteiger partial charge on any atom is 0.137 e.